The molecule has 0 aliphatic rings. The summed E-state index contributed by atoms with van der Waals surface area (Å²) in [5.74, 6) is 0. The highest BCUT2D eigenvalue weighted by Crippen LogP contribution is 2.32. The van der Waals surface area contributed by atoms with Crippen LogP contribution in [0.4, 0.5) is 5.69 Å². The first-order valence-electron chi connectivity index (χ1n) is 6.58. The van der Waals surface area contributed by atoms with E-state index in [1.165, 1.54) is 22.3 Å². The molecule has 0 aromatic heterocycles. The van der Waals surface area contributed by atoms with E-state index in [9.17, 15) is 0 Å². The molecular formula is C17H21N. The van der Waals surface area contributed by atoms with Gasteiger partial charge in [0.2, 0.25) is 0 Å². The first-order valence-corrected chi connectivity index (χ1v) is 6.58. The SMILES string of the molecule is CCCc1ccccc1-c1cc(C)cc(C)c1N. The van der Waals surface area contributed by atoms with Crippen LogP contribution in [0.1, 0.15) is 30.0 Å². The molecule has 0 unspecified atom stereocenters. The first kappa shape index (κ1) is 12.7. The molecule has 0 aliphatic heterocycles. The van der Waals surface area contributed by atoms with E-state index in [1.807, 2.05) is 0 Å². The Labute approximate surface area is 110 Å². The molecule has 1 heteroatoms. The molecule has 2 aromatic carbocycles. The average Bonchev–Trinajstić information content (AvgIpc) is 2.35. The number of rotatable bonds is 3. The zero-order valence-corrected chi connectivity index (χ0v) is 11.5. The van der Waals surface area contributed by atoms with Gasteiger partial charge < -0.3 is 5.73 Å². The number of nitrogen functional groups attached to an aromatic ring is 1. The quantitative estimate of drug-likeness (QED) is 0.784. The lowest BCUT2D eigenvalue weighted by Gasteiger charge is -2.14. The van der Waals surface area contributed by atoms with Crippen molar-refractivity contribution in [3.63, 3.8) is 0 Å². The Balaban J connectivity index is 2.61. The zero-order chi connectivity index (χ0) is 13.1. The van der Waals surface area contributed by atoms with Crippen molar-refractivity contribution >= 4 is 5.69 Å². The van der Waals surface area contributed by atoms with E-state index in [0.717, 1.165) is 24.1 Å². The van der Waals surface area contributed by atoms with E-state index in [4.69, 9.17) is 5.73 Å². The molecule has 2 rings (SSSR count). The summed E-state index contributed by atoms with van der Waals surface area (Å²) in [6.07, 6.45) is 2.25. The lowest BCUT2D eigenvalue weighted by atomic mass is 9.93. The van der Waals surface area contributed by atoms with Crippen LogP contribution in [0, 0.1) is 13.8 Å². The fourth-order valence-electron chi connectivity index (χ4n) is 2.47. The van der Waals surface area contributed by atoms with Crippen molar-refractivity contribution in [3.05, 3.63) is 53.1 Å². The highest BCUT2D eigenvalue weighted by Gasteiger charge is 2.09. The van der Waals surface area contributed by atoms with Crippen molar-refractivity contribution in [2.24, 2.45) is 0 Å². The van der Waals surface area contributed by atoms with Crippen LogP contribution in [0.25, 0.3) is 11.1 Å². The third-order valence-corrected chi connectivity index (χ3v) is 3.36. The summed E-state index contributed by atoms with van der Waals surface area (Å²) in [5.41, 5.74) is 13.4. The summed E-state index contributed by atoms with van der Waals surface area (Å²) in [7, 11) is 0. The molecule has 94 valence electrons. The van der Waals surface area contributed by atoms with Crippen LogP contribution in [-0.2, 0) is 6.42 Å². The molecule has 0 saturated heterocycles. The topological polar surface area (TPSA) is 26.0 Å². The standard InChI is InChI=1S/C17H21N/c1-4-7-14-8-5-6-9-15(14)16-11-12(2)10-13(3)17(16)18/h5-6,8-11H,4,7,18H2,1-3H3. The number of nitrogens with two attached hydrogens (primary N) is 1. The largest absolute Gasteiger partial charge is 0.398 e. The molecule has 0 amide bonds. The summed E-state index contributed by atoms with van der Waals surface area (Å²) >= 11 is 0. The highest BCUT2D eigenvalue weighted by molar-refractivity contribution is 5.81. The minimum atomic E-state index is 0.907. The summed E-state index contributed by atoms with van der Waals surface area (Å²) in [6.45, 7) is 6.41. The van der Waals surface area contributed by atoms with Crippen LogP contribution in [0.3, 0.4) is 0 Å². The Morgan fingerprint density at radius 2 is 1.72 bits per heavy atom. The Kier molecular flexibility index (Phi) is 3.71. The second kappa shape index (κ2) is 5.26. The Hall–Kier alpha value is -1.76. The third-order valence-electron chi connectivity index (χ3n) is 3.36. The van der Waals surface area contributed by atoms with E-state index in [0.29, 0.717) is 0 Å². The summed E-state index contributed by atoms with van der Waals surface area (Å²) in [5, 5.41) is 0. The minimum absolute atomic E-state index is 0.907. The van der Waals surface area contributed by atoms with Crippen LogP contribution in [-0.4, -0.2) is 0 Å². The van der Waals surface area contributed by atoms with Gasteiger partial charge >= 0.3 is 0 Å². The summed E-state index contributed by atoms with van der Waals surface area (Å²) < 4.78 is 0. The predicted molar refractivity (Wildman–Crippen MR) is 79.8 cm³/mol. The number of hydrogen-bond acceptors (Lipinski definition) is 1. The zero-order valence-electron chi connectivity index (χ0n) is 11.5. The lowest BCUT2D eigenvalue weighted by Crippen LogP contribution is -1.97. The number of anilines is 1. The minimum Gasteiger partial charge on any atom is -0.398 e. The maximum absolute atomic E-state index is 6.25. The smallest absolute Gasteiger partial charge is 0.0423 e. The molecule has 0 saturated carbocycles. The molecule has 0 aliphatic carbocycles. The molecular weight excluding hydrogens is 218 g/mol. The van der Waals surface area contributed by atoms with Crippen LogP contribution < -0.4 is 5.73 Å². The maximum atomic E-state index is 6.25. The van der Waals surface area contributed by atoms with Gasteiger partial charge in [0.25, 0.3) is 0 Å². The van der Waals surface area contributed by atoms with Gasteiger partial charge in [-0.3, -0.25) is 0 Å². The summed E-state index contributed by atoms with van der Waals surface area (Å²) in [4.78, 5) is 0. The second-order valence-electron chi connectivity index (χ2n) is 4.95. The fourth-order valence-corrected chi connectivity index (χ4v) is 2.47. The molecule has 2 aromatic rings. The third kappa shape index (κ3) is 2.40. The van der Waals surface area contributed by atoms with Crippen LogP contribution in [0.15, 0.2) is 36.4 Å². The molecule has 0 atom stereocenters. The molecule has 0 bridgehead atoms. The molecule has 1 nitrogen and oxygen atoms in total. The number of aryl methyl sites for hydroxylation is 3. The van der Waals surface area contributed by atoms with Gasteiger partial charge in [0.15, 0.2) is 0 Å². The van der Waals surface area contributed by atoms with E-state index in [2.05, 4.69) is 57.2 Å². The second-order valence-corrected chi connectivity index (χ2v) is 4.95. The maximum Gasteiger partial charge on any atom is 0.0423 e. The predicted octanol–water partition coefficient (Wildman–Crippen LogP) is 4.51. The van der Waals surface area contributed by atoms with Crippen molar-refractivity contribution < 1.29 is 0 Å². The molecule has 0 heterocycles. The van der Waals surface area contributed by atoms with E-state index >= 15 is 0 Å². The molecule has 18 heavy (non-hydrogen) atoms. The molecule has 0 radical (unpaired) electrons. The highest BCUT2D eigenvalue weighted by atomic mass is 14.6. The lowest BCUT2D eigenvalue weighted by molar-refractivity contribution is 0.923. The summed E-state index contributed by atoms with van der Waals surface area (Å²) in [6, 6.07) is 12.9. The van der Waals surface area contributed by atoms with Gasteiger partial charge in [-0.15, -0.1) is 0 Å². The molecule has 2 N–H and O–H groups in total. The normalized spacial score (nSPS) is 10.6. The van der Waals surface area contributed by atoms with E-state index in [-0.39, 0.29) is 0 Å². The monoisotopic (exact) mass is 239 g/mol. The first-order chi connectivity index (χ1) is 8.63. The molecule has 0 fully saturated rings. The fraction of sp³-hybridized carbons (Fsp3) is 0.294. The Morgan fingerprint density at radius 1 is 1.00 bits per heavy atom. The van der Waals surface area contributed by atoms with Crippen molar-refractivity contribution in [2.45, 2.75) is 33.6 Å². The van der Waals surface area contributed by atoms with Crippen LogP contribution in [0.2, 0.25) is 0 Å². The van der Waals surface area contributed by atoms with Crippen LogP contribution >= 0.6 is 0 Å². The molecule has 0 spiro atoms. The number of benzene rings is 2. The van der Waals surface area contributed by atoms with Crippen molar-refractivity contribution in [1.82, 2.24) is 0 Å². The van der Waals surface area contributed by atoms with E-state index < -0.39 is 0 Å². The van der Waals surface area contributed by atoms with Gasteiger partial charge in [0.1, 0.15) is 0 Å². The van der Waals surface area contributed by atoms with Gasteiger partial charge in [0.05, 0.1) is 0 Å². The van der Waals surface area contributed by atoms with Crippen LogP contribution in [0.5, 0.6) is 0 Å². The Morgan fingerprint density at radius 3 is 2.44 bits per heavy atom. The van der Waals surface area contributed by atoms with Gasteiger partial charge in [-0.25, -0.2) is 0 Å². The average molecular weight is 239 g/mol. The Bertz CT molecular complexity index is 556. The van der Waals surface area contributed by atoms with Gasteiger partial charge in [0, 0.05) is 11.3 Å². The van der Waals surface area contributed by atoms with Gasteiger partial charge in [-0.05, 0) is 43.0 Å². The number of hydrogen-bond donors (Lipinski definition) is 1. The van der Waals surface area contributed by atoms with Gasteiger partial charge in [-0.2, -0.15) is 0 Å². The van der Waals surface area contributed by atoms with E-state index in [1.54, 1.807) is 0 Å². The van der Waals surface area contributed by atoms with Gasteiger partial charge in [-0.1, -0.05) is 49.2 Å². The van der Waals surface area contributed by atoms with Crippen molar-refractivity contribution in [2.75, 3.05) is 5.73 Å². The van der Waals surface area contributed by atoms with Crippen molar-refractivity contribution in [3.8, 4) is 11.1 Å². The van der Waals surface area contributed by atoms with Crippen molar-refractivity contribution in [1.29, 1.82) is 0 Å².